The topological polar surface area (TPSA) is 67.6 Å². The van der Waals surface area contributed by atoms with Gasteiger partial charge < -0.3 is 14.7 Å². The molecule has 0 saturated carbocycles. The number of amides is 1. The Kier molecular flexibility index (Phi) is 5.06. The molecule has 0 spiro atoms. The van der Waals surface area contributed by atoms with Crippen molar-refractivity contribution >= 4 is 17.5 Å². The summed E-state index contributed by atoms with van der Waals surface area (Å²) in [4.78, 5) is 14.2. The highest BCUT2D eigenvalue weighted by atomic mass is 35.5. The fraction of sp³-hybridized carbons (Fsp3) is 0.412. The first-order chi connectivity index (χ1) is 11.6. The molecule has 0 unspecified atom stereocenters. The van der Waals surface area contributed by atoms with Crippen molar-refractivity contribution in [1.82, 2.24) is 14.7 Å². The number of ether oxygens (including phenoxy) is 1. The number of rotatable bonds is 5. The molecule has 24 heavy (non-hydrogen) atoms. The number of β-amino-alcohol motifs (C(OH)–C–C–N with tert-alkyl or cyclic N) is 1. The third-order valence-electron chi connectivity index (χ3n) is 3.93. The van der Waals surface area contributed by atoms with E-state index < -0.39 is 12.2 Å². The lowest BCUT2D eigenvalue weighted by atomic mass is 10.2. The van der Waals surface area contributed by atoms with Crippen LogP contribution in [0.1, 0.15) is 23.8 Å². The molecule has 2 aromatic rings. The predicted octanol–water partition coefficient (Wildman–Crippen LogP) is 2.21. The van der Waals surface area contributed by atoms with Gasteiger partial charge in [-0.2, -0.15) is 5.10 Å². The lowest BCUT2D eigenvalue weighted by Gasteiger charge is -2.16. The molecule has 1 fully saturated rings. The van der Waals surface area contributed by atoms with Gasteiger partial charge in [0.2, 0.25) is 0 Å². The highest BCUT2D eigenvalue weighted by Crippen LogP contribution is 2.22. The number of likely N-dealkylation sites (tertiary alicyclic amines) is 1. The number of aromatic nitrogens is 2. The zero-order chi connectivity index (χ0) is 17.1. The third-order valence-corrected chi connectivity index (χ3v) is 4.20. The van der Waals surface area contributed by atoms with Gasteiger partial charge in [0, 0.05) is 12.7 Å². The van der Waals surface area contributed by atoms with E-state index in [1.807, 2.05) is 37.3 Å². The summed E-state index contributed by atoms with van der Waals surface area (Å²) in [5, 5.41) is 14.8. The fourth-order valence-electron chi connectivity index (χ4n) is 2.75. The Balaban J connectivity index is 1.68. The van der Waals surface area contributed by atoms with Crippen molar-refractivity contribution in [2.24, 2.45) is 0 Å². The minimum atomic E-state index is -0.745. The van der Waals surface area contributed by atoms with E-state index in [0.29, 0.717) is 23.9 Å². The maximum Gasteiger partial charge on any atom is 0.276 e. The van der Waals surface area contributed by atoms with Crippen molar-refractivity contribution in [3.8, 4) is 5.75 Å². The maximum atomic E-state index is 12.6. The molecule has 1 aliphatic heterocycles. The van der Waals surface area contributed by atoms with Crippen LogP contribution in [0.15, 0.2) is 36.5 Å². The summed E-state index contributed by atoms with van der Waals surface area (Å²) in [7, 11) is 0. The number of para-hydroxylation sites is 1. The van der Waals surface area contributed by atoms with Crippen LogP contribution in [0.5, 0.6) is 5.75 Å². The monoisotopic (exact) mass is 349 g/mol. The molecule has 2 heterocycles. The standard InChI is InChI=1S/C17H20ClN3O3/c1-2-8-21-9-13(18)16(19-21)17(23)20-10-14(22)15(11-20)24-12-6-4-3-5-7-12/h3-7,9,14-15,22H,2,8,10-11H2,1H3/t14-,15-/m1/s1. The van der Waals surface area contributed by atoms with Crippen LogP contribution < -0.4 is 4.74 Å². The van der Waals surface area contributed by atoms with E-state index >= 15 is 0 Å². The van der Waals surface area contributed by atoms with Gasteiger partial charge in [-0.25, -0.2) is 0 Å². The second kappa shape index (κ2) is 7.23. The lowest BCUT2D eigenvalue weighted by Crippen LogP contribution is -2.31. The molecule has 1 aliphatic rings. The average Bonchev–Trinajstić information content (AvgIpc) is 3.11. The molecule has 0 aliphatic carbocycles. The molecule has 6 nitrogen and oxygen atoms in total. The highest BCUT2D eigenvalue weighted by Gasteiger charge is 2.37. The molecule has 1 saturated heterocycles. The van der Waals surface area contributed by atoms with E-state index in [4.69, 9.17) is 16.3 Å². The second-order valence-corrected chi connectivity index (χ2v) is 6.24. The van der Waals surface area contributed by atoms with E-state index in [2.05, 4.69) is 5.10 Å². The first-order valence-electron chi connectivity index (χ1n) is 8.00. The van der Waals surface area contributed by atoms with Crippen LogP contribution in [-0.4, -0.2) is 51.0 Å². The van der Waals surface area contributed by atoms with Gasteiger partial charge in [0.25, 0.3) is 5.91 Å². The highest BCUT2D eigenvalue weighted by molar-refractivity contribution is 6.33. The summed E-state index contributed by atoms with van der Waals surface area (Å²) < 4.78 is 7.44. The van der Waals surface area contributed by atoms with Crippen LogP contribution in [0.3, 0.4) is 0 Å². The quantitative estimate of drug-likeness (QED) is 0.898. The molecule has 3 rings (SSSR count). The Morgan fingerprint density at radius 2 is 2.12 bits per heavy atom. The van der Waals surface area contributed by atoms with Gasteiger partial charge in [-0.1, -0.05) is 36.7 Å². The summed E-state index contributed by atoms with van der Waals surface area (Å²) in [6.07, 6.45) is 1.35. The number of aliphatic hydroxyl groups excluding tert-OH is 1. The molecular formula is C17H20ClN3O3. The summed E-state index contributed by atoms with van der Waals surface area (Å²) in [5.74, 6) is 0.383. The number of aliphatic hydroxyl groups is 1. The molecule has 2 atom stereocenters. The molecule has 1 aromatic carbocycles. The predicted molar refractivity (Wildman–Crippen MR) is 90.3 cm³/mol. The summed E-state index contributed by atoms with van der Waals surface area (Å²) in [5.41, 5.74) is 0.220. The number of nitrogens with zero attached hydrogens (tertiary/aromatic N) is 3. The third kappa shape index (κ3) is 3.55. The molecule has 1 amide bonds. The van der Waals surface area contributed by atoms with Crippen LogP contribution in [0.2, 0.25) is 5.02 Å². The number of benzene rings is 1. The van der Waals surface area contributed by atoms with E-state index in [1.54, 1.807) is 10.9 Å². The first kappa shape index (κ1) is 16.8. The number of aryl methyl sites for hydroxylation is 1. The van der Waals surface area contributed by atoms with Crippen molar-refractivity contribution in [2.75, 3.05) is 13.1 Å². The van der Waals surface area contributed by atoms with Crippen LogP contribution in [0.25, 0.3) is 0 Å². The largest absolute Gasteiger partial charge is 0.486 e. The SMILES string of the molecule is CCCn1cc(Cl)c(C(=O)N2C[C@@H](O)[C@H](Oc3ccccc3)C2)n1. The van der Waals surface area contributed by atoms with E-state index in [-0.39, 0.29) is 18.1 Å². The molecule has 128 valence electrons. The zero-order valence-corrected chi connectivity index (χ0v) is 14.2. The van der Waals surface area contributed by atoms with Crippen LogP contribution in [-0.2, 0) is 6.54 Å². The van der Waals surface area contributed by atoms with E-state index in [1.165, 1.54) is 4.90 Å². The van der Waals surface area contributed by atoms with E-state index in [0.717, 1.165) is 6.42 Å². The smallest absolute Gasteiger partial charge is 0.276 e. The van der Waals surface area contributed by atoms with Gasteiger partial charge in [0.05, 0.1) is 18.1 Å². The second-order valence-electron chi connectivity index (χ2n) is 5.84. The Morgan fingerprint density at radius 1 is 1.38 bits per heavy atom. The van der Waals surface area contributed by atoms with Crippen molar-refractivity contribution in [1.29, 1.82) is 0 Å². The number of halogens is 1. The Labute approximate surface area is 145 Å². The molecule has 0 bridgehead atoms. The van der Waals surface area contributed by atoms with Crippen LogP contribution in [0.4, 0.5) is 0 Å². The van der Waals surface area contributed by atoms with Gasteiger partial charge in [-0.3, -0.25) is 9.48 Å². The number of hydrogen-bond donors (Lipinski definition) is 1. The summed E-state index contributed by atoms with van der Waals surface area (Å²) in [6.45, 7) is 3.23. The Hall–Kier alpha value is -2.05. The molecule has 7 heteroatoms. The Morgan fingerprint density at radius 3 is 2.83 bits per heavy atom. The molecular weight excluding hydrogens is 330 g/mol. The Bertz CT molecular complexity index is 704. The van der Waals surface area contributed by atoms with Crippen LogP contribution in [0, 0.1) is 0 Å². The van der Waals surface area contributed by atoms with Crippen molar-refractivity contribution in [3.63, 3.8) is 0 Å². The van der Waals surface area contributed by atoms with Gasteiger partial charge >= 0.3 is 0 Å². The minimum Gasteiger partial charge on any atom is -0.486 e. The normalized spacial score (nSPS) is 20.4. The molecule has 1 aromatic heterocycles. The number of hydrogen-bond acceptors (Lipinski definition) is 4. The van der Waals surface area contributed by atoms with Crippen molar-refractivity contribution < 1.29 is 14.6 Å². The maximum absolute atomic E-state index is 12.6. The fourth-order valence-corrected chi connectivity index (χ4v) is 2.98. The van der Waals surface area contributed by atoms with Crippen molar-refractivity contribution in [3.05, 3.63) is 47.2 Å². The number of carbonyl (C=O) groups is 1. The van der Waals surface area contributed by atoms with E-state index in [9.17, 15) is 9.90 Å². The van der Waals surface area contributed by atoms with Crippen LogP contribution >= 0.6 is 11.6 Å². The average molecular weight is 350 g/mol. The molecule has 1 N–H and O–H groups in total. The number of carbonyl (C=O) groups excluding carboxylic acids is 1. The van der Waals surface area contributed by atoms with Gasteiger partial charge in [0.15, 0.2) is 5.69 Å². The minimum absolute atomic E-state index is 0.202. The summed E-state index contributed by atoms with van der Waals surface area (Å²) >= 11 is 6.13. The first-order valence-corrected chi connectivity index (χ1v) is 8.38. The van der Waals surface area contributed by atoms with Gasteiger partial charge in [-0.05, 0) is 18.6 Å². The summed E-state index contributed by atoms with van der Waals surface area (Å²) in [6, 6.07) is 9.25. The lowest BCUT2D eigenvalue weighted by molar-refractivity contribution is 0.0728. The van der Waals surface area contributed by atoms with Gasteiger partial charge in [-0.15, -0.1) is 0 Å². The molecule has 0 radical (unpaired) electrons. The zero-order valence-electron chi connectivity index (χ0n) is 13.4. The van der Waals surface area contributed by atoms with Crippen molar-refractivity contribution in [2.45, 2.75) is 32.1 Å². The van der Waals surface area contributed by atoms with Gasteiger partial charge in [0.1, 0.15) is 18.0 Å².